The van der Waals surface area contributed by atoms with Gasteiger partial charge in [-0.1, -0.05) is 6.08 Å². The van der Waals surface area contributed by atoms with Crippen LogP contribution in [0.3, 0.4) is 0 Å². The van der Waals surface area contributed by atoms with Gasteiger partial charge in [0.2, 0.25) is 0 Å². The van der Waals surface area contributed by atoms with Crippen molar-refractivity contribution in [3.63, 3.8) is 0 Å². The van der Waals surface area contributed by atoms with Gasteiger partial charge in [0.1, 0.15) is 16.9 Å². The van der Waals surface area contributed by atoms with Gasteiger partial charge < -0.3 is 9.64 Å². The maximum atomic E-state index is 12.1. The first-order valence-electron chi connectivity index (χ1n) is 7.81. The molecule has 8 heteroatoms. The van der Waals surface area contributed by atoms with Crippen LogP contribution in [-0.4, -0.2) is 49.4 Å². The molecule has 0 saturated heterocycles. The molecule has 2 aromatic heterocycles. The molecule has 1 aliphatic heterocycles. The van der Waals surface area contributed by atoms with Gasteiger partial charge in [0, 0.05) is 26.3 Å². The molecule has 24 heavy (non-hydrogen) atoms. The third-order valence-corrected chi connectivity index (χ3v) is 4.53. The first-order chi connectivity index (χ1) is 11.3. The van der Waals surface area contributed by atoms with E-state index >= 15 is 0 Å². The van der Waals surface area contributed by atoms with Crippen LogP contribution in [0.2, 0.25) is 0 Å². The second kappa shape index (κ2) is 6.35. The highest BCUT2D eigenvalue weighted by Crippen LogP contribution is 2.30. The van der Waals surface area contributed by atoms with Crippen molar-refractivity contribution in [2.24, 2.45) is 7.05 Å². The quantitative estimate of drug-likeness (QED) is 0.835. The van der Waals surface area contributed by atoms with Crippen molar-refractivity contribution in [2.45, 2.75) is 32.8 Å². The molecule has 0 bridgehead atoms. The van der Waals surface area contributed by atoms with Crippen molar-refractivity contribution >= 4 is 23.0 Å². The van der Waals surface area contributed by atoms with Crippen LogP contribution in [0.1, 0.15) is 32.2 Å². The van der Waals surface area contributed by atoms with Crippen LogP contribution >= 0.6 is 11.3 Å². The Kier molecular flexibility index (Phi) is 4.40. The molecule has 0 aromatic carbocycles. The first kappa shape index (κ1) is 16.6. The van der Waals surface area contributed by atoms with E-state index < -0.39 is 5.60 Å². The molecule has 7 nitrogen and oxygen atoms in total. The summed E-state index contributed by atoms with van der Waals surface area (Å²) in [7, 11) is 1.84. The van der Waals surface area contributed by atoms with Gasteiger partial charge in [-0.05, 0) is 32.8 Å². The standard InChI is InChI=1S/C16H21N5O2S/c1-16(2,3)23-15(22)21-7-5-11(6-8-21)14-17-9-12(24-14)13-18-10-20(4)19-13/h5,9-10H,6-8H2,1-4H3. The van der Waals surface area contributed by atoms with Crippen molar-refractivity contribution in [1.82, 2.24) is 24.6 Å². The first-order valence-corrected chi connectivity index (χ1v) is 8.62. The lowest BCUT2D eigenvalue weighted by atomic mass is 10.1. The summed E-state index contributed by atoms with van der Waals surface area (Å²) in [6.45, 7) is 6.80. The molecular weight excluding hydrogens is 326 g/mol. The Hall–Kier alpha value is -2.22. The molecule has 128 valence electrons. The van der Waals surface area contributed by atoms with Gasteiger partial charge in [-0.2, -0.15) is 5.10 Å². The highest BCUT2D eigenvalue weighted by atomic mass is 32.1. The van der Waals surface area contributed by atoms with Crippen LogP contribution < -0.4 is 0 Å². The fourth-order valence-corrected chi connectivity index (χ4v) is 3.25. The molecule has 0 unspecified atom stereocenters. The number of ether oxygens (including phenoxy) is 1. The van der Waals surface area contributed by atoms with Crippen LogP contribution in [0.15, 0.2) is 18.6 Å². The topological polar surface area (TPSA) is 73.1 Å². The van der Waals surface area contributed by atoms with Gasteiger partial charge in [0.15, 0.2) is 5.82 Å². The van der Waals surface area contributed by atoms with Crippen molar-refractivity contribution in [3.05, 3.63) is 23.6 Å². The lowest BCUT2D eigenvalue weighted by Crippen LogP contribution is -2.39. The molecular formula is C16H21N5O2S. The minimum absolute atomic E-state index is 0.268. The normalized spacial score (nSPS) is 15.3. The van der Waals surface area contributed by atoms with E-state index in [4.69, 9.17) is 4.74 Å². The molecule has 0 N–H and O–H groups in total. The zero-order valence-electron chi connectivity index (χ0n) is 14.3. The number of rotatable bonds is 2. The number of aromatic nitrogens is 4. The molecule has 0 aliphatic carbocycles. The Bertz CT molecular complexity index is 772. The fraction of sp³-hybridized carbons (Fsp3) is 0.500. The van der Waals surface area contributed by atoms with Gasteiger partial charge in [0.05, 0.1) is 4.88 Å². The minimum Gasteiger partial charge on any atom is -0.444 e. The van der Waals surface area contributed by atoms with Crippen molar-refractivity contribution < 1.29 is 9.53 Å². The number of nitrogens with zero attached hydrogens (tertiary/aromatic N) is 5. The molecule has 0 saturated carbocycles. The summed E-state index contributed by atoms with van der Waals surface area (Å²) >= 11 is 1.57. The second-order valence-corrected chi connectivity index (χ2v) is 7.71. The summed E-state index contributed by atoms with van der Waals surface area (Å²) in [5, 5.41) is 5.26. The summed E-state index contributed by atoms with van der Waals surface area (Å²) in [6.07, 6.45) is 6.02. The molecule has 3 heterocycles. The van der Waals surface area contributed by atoms with Crippen LogP contribution in [0.25, 0.3) is 16.3 Å². The Balaban J connectivity index is 1.67. The highest BCUT2D eigenvalue weighted by molar-refractivity contribution is 7.16. The largest absolute Gasteiger partial charge is 0.444 e. The molecule has 0 spiro atoms. The molecule has 0 atom stereocenters. The Morgan fingerprint density at radius 3 is 2.71 bits per heavy atom. The van der Waals surface area contributed by atoms with Crippen molar-refractivity contribution in [1.29, 1.82) is 0 Å². The lowest BCUT2D eigenvalue weighted by Gasteiger charge is -2.29. The van der Waals surface area contributed by atoms with Gasteiger partial charge >= 0.3 is 6.09 Å². The maximum absolute atomic E-state index is 12.1. The SMILES string of the molecule is Cn1cnc(-c2cnc(C3=CCN(C(=O)OC(C)(C)C)CC3)s2)n1. The monoisotopic (exact) mass is 347 g/mol. The molecule has 0 radical (unpaired) electrons. The Morgan fingerprint density at radius 1 is 1.33 bits per heavy atom. The summed E-state index contributed by atoms with van der Waals surface area (Å²) in [5.74, 6) is 0.688. The molecule has 2 aromatic rings. The van der Waals surface area contributed by atoms with Crippen LogP contribution in [0, 0.1) is 0 Å². The number of carbonyl (C=O) groups is 1. The van der Waals surface area contributed by atoms with Crippen molar-refractivity contribution in [3.8, 4) is 10.7 Å². The van der Waals surface area contributed by atoms with Crippen molar-refractivity contribution in [2.75, 3.05) is 13.1 Å². The molecule has 3 rings (SSSR count). The van der Waals surface area contributed by atoms with Crippen LogP contribution in [-0.2, 0) is 11.8 Å². The second-order valence-electron chi connectivity index (χ2n) is 6.68. The number of hydrogen-bond acceptors (Lipinski definition) is 6. The fourth-order valence-electron chi connectivity index (χ4n) is 2.33. The zero-order valence-corrected chi connectivity index (χ0v) is 15.1. The summed E-state index contributed by atoms with van der Waals surface area (Å²) in [6, 6.07) is 0. The van der Waals surface area contributed by atoms with E-state index in [-0.39, 0.29) is 6.09 Å². The van der Waals surface area contributed by atoms with Gasteiger partial charge in [-0.15, -0.1) is 11.3 Å². The Labute approximate surface area is 145 Å². The summed E-state index contributed by atoms with van der Waals surface area (Å²) in [5.41, 5.74) is 0.683. The number of thiazole rings is 1. The third-order valence-electron chi connectivity index (χ3n) is 3.46. The predicted octanol–water partition coefficient (Wildman–Crippen LogP) is 2.96. The van der Waals surface area contributed by atoms with E-state index in [0.29, 0.717) is 18.9 Å². The number of hydrogen-bond donors (Lipinski definition) is 0. The van der Waals surface area contributed by atoms with E-state index in [9.17, 15) is 4.79 Å². The van der Waals surface area contributed by atoms with E-state index in [0.717, 1.165) is 21.9 Å². The van der Waals surface area contributed by atoms with Gasteiger partial charge in [0.25, 0.3) is 0 Å². The minimum atomic E-state index is -0.471. The van der Waals surface area contributed by atoms with Crippen LogP contribution in [0.4, 0.5) is 4.79 Å². The van der Waals surface area contributed by atoms with Gasteiger partial charge in [-0.25, -0.2) is 14.8 Å². The maximum Gasteiger partial charge on any atom is 0.410 e. The number of aryl methyl sites for hydroxylation is 1. The lowest BCUT2D eigenvalue weighted by molar-refractivity contribution is 0.0270. The van der Waals surface area contributed by atoms with E-state index in [2.05, 4.69) is 15.1 Å². The summed E-state index contributed by atoms with van der Waals surface area (Å²) in [4.78, 5) is 23.5. The van der Waals surface area contributed by atoms with E-state index in [1.54, 1.807) is 33.4 Å². The summed E-state index contributed by atoms with van der Waals surface area (Å²) < 4.78 is 7.08. The smallest absolute Gasteiger partial charge is 0.410 e. The van der Waals surface area contributed by atoms with Gasteiger partial charge in [-0.3, -0.25) is 4.68 Å². The average Bonchev–Trinajstić information content (AvgIpc) is 3.14. The van der Waals surface area contributed by atoms with Crippen LogP contribution in [0.5, 0.6) is 0 Å². The van der Waals surface area contributed by atoms with E-state index in [1.165, 1.54) is 0 Å². The third kappa shape index (κ3) is 3.81. The number of carbonyl (C=O) groups excluding carboxylic acids is 1. The highest BCUT2D eigenvalue weighted by Gasteiger charge is 2.24. The molecule has 0 fully saturated rings. The number of amides is 1. The molecule has 1 amide bonds. The Morgan fingerprint density at radius 2 is 2.12 bits per heavy atom. The van der Waals surface area contributed by atoms with E-state index in [1.807, 2.05) is 33.9 Å². The predicted molar refractivity (Wildman–Crippen MR) is 92.5 cm³/mol. The average molecular weight is 347 g/mol. The zero-order chi connectivity index (χ0) is 17.3. The molecule has 1 aliphatic rings.